The van der Waals surface area contributed by atoms with Gasteiger partial charge in [-0.15, -0.1) is 15.3 Å². The van der Waals surface area contributed by atoms with Gasteiger partial charge in [0, 0.05) is 33.8 Å². The number of azo groups is 2. The zero-order chi connectivity index (χ0) is 37.1. The summed E-state index contributed by atoms with van der Waals surface area (Å²) < 4.78 is 11.0. The topological polar surface area (TPSA) is 114 Å². The maximum absolute atomic E-state index is 12.6. The lowest BCUT2D eigenvalue weighted by Crippen LogP contribution is -2.39. The van der Waals surface area contributed by atoms with Gasteiger partial charge in [-0.05, 0) is 100 Å². The normalized spacial score (nSPS) is 12.2. The molecule has 0 aromatic heterocycles. The van der Waals surface area contributed by atoms with Crippen molar-refractivity contribution in [3.63, 3.8) is 0 Å². The average Bonchev–Trinajstić information content (AvgIpc) is 3.14. The van der Waals surface area contributed by atoms with Crippen molar-refractivity contribution in [2.24, 2.45) is 31.3 Å². The van der Waals surface area contributed by atoms with Gasteiger partial charge >= 0.3 is 11.9 Å². The van der Waals surface area contributed by atoms with Crippen molar-refractivity contribution >= 4 is 61.9 Å². The van der Waals surface area contributed by atoms with E-state index in [-0.39, 0.29) is 17.4 Å². The molecule has 9 nitrogen and oxygen atoms in total. The highest BCUT2D eigenvalue weighted by Gasteiger charge is 2.41. The molecule has 0 fully saturated rings. The lowest BCUT2D eigenvalue weighted by atomic mass is 9.69. The highest BCUT2D eigenvalue weighted by atomic mass is 16.5. The molecule has 0 heterocycles. The molecule has 0 amide bonds. The summed E-state index contributed by atoms with van der Waals surface area (Å²) in [5, 5.41) is 25.6. The number of hydrogen-bond acceptors (Lipinski definition) is 9. The molecule has 5 rings (SSSR count). The minimum atomic E-state index is -0.547. The Balaban J connectivity index is 1.13. The monoisotopic (exact) mass is 699 g/mol. The number of nitrogens with one attached hydrogen (secondary N) is 1. The summed E-state index contributed by atoms with van der Waals surface area (Å²) >= 11 is 0. The molecule has 0 aliphatic heterocycles. The van der Waals surface area contributed by atoms with Crippen molar-refractivity contribution < 1.29 is 19.1 Å². The quantitative estimate of drug-likeness (QED) is 0.0663. The second kappa shape index (κ2) is 17.2. The molecule has 0 unspecified atom stereocenters. The molecule has 0 atom stereocenters. The van der Waals surface area contributed by atoms with Gasteiger partial charge < -0.3 is 14.8 Å². The van der Waals surface area contributed by atoms with Gasteiger partial charge in [-0.3, -0.25) is 4.79 Å². The Morgan fingerprint density at radius 3 is 1.60 bits per heavy atom. The number of carbonyl (C=O) groups excluding carboxylic acids is 2. The zero-order valence-corrected chi connectivity index (χ0v) is 31.1. The van der Waals surface area contributed by atoms with Crippen LogP contribution in [0.4, 0.5) is 28.4 Å². The Labute approximate surface area is 306 Å². The van der Waals surface area contributed by atoms with Crippen molar-refractivity contribution in [3.05, 3.63) is 103 Å². The third kappa shape index (κ3) is 9.26. The van der Waals surface area contributed by atoms with Crippen molar-refractivity contribution in [3.8, 4) is 0 Å². The maximum atomic E-state index is 12.6. The second-order valence-electron chi connectivity index (χ2n) is 14.4. The van der Waals surface area contributed by atoms with E-state index in [9.17, 15) is 9.59 Å². The number of nitrogens with zero attached hydrogens (tertiary/aromatic N) is 4. The first-order chi connectivity index (χ1) is 25.0. The van der Waals surface area contributed by atoms with E-state index in [0.717, 1.165) is 70.8 Å². The van der Waals surface area contributed by atoms with Gasteiger partial charge in [0.25, 0.3) is 0 Å². The third-order valence-electron chi connectivity index (χ3n) is 9.68. The summed E-state index contributed by atoms with van der Waals surface area (Å²) in [4.78, 5) is 25.0. The Morgan fingerprint density at radius 2 is 1.06 bits per heavy atom. The molecule has 52 heavy (non-hydrogen) atoms. The van der Waals surface area contributed by atoms with Crippen LogP contribution in [0.25, 0.3) is 21.5 Å². The molecule has 5 aromatic carbocycles. The van der Waals surface area contributed by atoms with Gasteiger partial charge in [0.1, 0.15) is 0 Å². The summed E-state index contributed by atoms with van der Waals surface area (Å²) in [5.74, 6) is -0.543. The number of unbranched alkanes of at least 4 members (excludes halogenated alkanes) is 3. The van der Waals surface area contributed by atoms with Gasteiger partial charge in [0.05, 0.1) is 46.9 Å². The molecule has 0 aliphatic rings. The number of rotatable bonds is 15. The molecular formula is C43H49N5O4. The summed E-state index contributed by atoms with van der Waals surface area (Å²) in [5.41, 5.74) is 3.65. The summed E-state index contributed by atoms with van der Waals surface area (Å²) in [6.07, 6.45) is 3.30. The van der Waals surface area contributed by atoms with Crippen molar-refractivity contribution in [1.29, 1.82) is 0 Å². The first-order valence-corrected chi connectivity index (χ1v) is 18.0. The van der Waals surface area contributed by atoms with Gasteiger partial charge in [0.2, 0.25) is 0 Å². The summed E-state index contributed by atoms with van der Waals surface area (Å²) in [7, 11) is 0. The Morgan fingerprint density at radius 1 is 0.577 bits per heavy atom. The smallest absolute Gasteiger partial charge is 0.338 e. The molecule has 0 bridgehead atoms. The van der Waals surface area contributed by atoms with Gasteiger partial charge in [0.15, 0.2) is 0 Å². The Hall–Kier alpha value is -5.44. The fourth-order valence-electron chi connectivity index (χ4n) is 5.50. The molecule has 1 N–H and O–H groups in total. The van der Waals surface area contributed by atoms with E-state index in [1.807, 2.05) is 95.3 Å². The molecule has 5 aromatic rings. The van der Waals surface area contributed by atoms with E-state index in [4.69, 9.17) is 9.47 Å². The lowest BCUT2D eigenvalue weighted by molar-refractivity contribution is -0.160. The van der Waals surface area contributed by atoms with Crippen LogP contribution < -0.4 is 5.32 Å². The number of hydrogen-bond donors (Lipinski definition) is 1. The second-order valence-corrected chi connectivity index (χ2v) is 14.4. The first-order valence-electron chi connectivity index (χ1n) is 18.0. The van der Waals surface area contributed by atoms with Crippen molar-refractivity contribution in [2.45, 2.75) is 67.2 Å². The largest absolute Gasteiger partial charge is 0.465 e. The predicted octanol–water partition coefficient (Wildman–Crippen LogP) is 12.6. The minimum Gasteiger partial charge on any atom is -0.465 e. The molecular weight excluding hydrogens is 651 g/mol. The molecule has 0 spiro atoms. The summed E-state index contributed by atoms with van der Waals surface area (Å²) in [6.45, 7) is 13.6. The number of ether oxygens (including phenoxy) is 2. The van der Waals surface area contributed by atoms with Crippen LogP contribution in [0, 0.1) is 10.8 Å². The number of carbonyl (C=O) groups is 2. The van der Waals surface area contributed by atoms with Gasteiger partial charge in [-0.2, -0.15) is 5.11 Å². The lowest BCUT2D eigenvalue weighted by Gasteiger charge is -2.36. The number of fused-ring (bicyclic) bond motifs is 2. The number of benzene rings is 5. The molecule has 0 aliphatic carbocycles. The summed E-state index contributed by atoms with van der Waals surface area (Å²) in [6, 6.07) is 30.8. The van der Waals surface area contributed by atoms with E-state index < -0.39 is 5.41 Å². The zero-order valence-electron chi connectivity index (χ0n) is 31.1. The van der Waals surface area contributed by atoms with Gasteiger partial charge in [-0.1, -0.05) is 69.3 Å². The van der Waals surface area contributed by atoms with Crippen LogP contribution in [-0.4, -0.2) is 31.7 Å². The van der Waals surface area contributed by atoms with Crippen LogP contribution in [0.2, 0.25) is 0 Å². The van der Waals surface area contributed by atoms with E-state index >= 15 is 0 Å². The van der Waals surface area contributed by atoms with Crippen LogP contribution in [0.1, 0.15) is 77.6 Å². The predicted molar refractivity (Wildman–Crippen MR) is 210 cm³/mol. The van der Waals surface area contributed by atoms with E-state index in [1.54, 1.807) is 24.3 Å². The average molecular weight is 700 g/mol. The Bertz CT molecular complexity index is 2060. The van der Waals surface area contributed by atoms with Crippen molar-refractivity contribution in [2.75, 3.05) is 25.1 Å². The molecule has 0 radical (unpaired) electrons. The number of anilines is 1. The molecule has 0 saturated heterocycles. The first kappa shape index (κ1) is 37.8. The Kier molecular flexibility index (Phi) is 12.5. The van der Waals surface area contributed by atoms with E-state index in [0.29, 0.717) is 30.2 Å². The van der Waals surface area contributed by atoms with Crippen LogP contribution in [-0.2, 0) is 14.3 Å². The molecule has 0 saturated carbocycles. The van der Waals surface area contributed by atoms with E-state index in [2.05, 4.69) is 44.8 Å². The SMILES string of the molecule is CCNc1ccc(/N=N/c2ccc(/N=N/c3ccc(C(=O)OCCCCCCOC(=O)C(C)(C)C(C)(C)C)cc3)c3ccccc23)c2ccccc12. The highest BCUT2D eigenvalue weighted by Crippen LogP contribution is 2.39. The van der Waals surface area contributed by atoms with Crippen molar-refractivity contribution in [1.82, 2.24) is 0 Å². The maximum Gasteiger partial charge on any atom is 0.338 e. The third-order valence-corrected chi connectivity index (χ3v) is 9.68. The standard InChI is InChI=1S/C43H49N5O4/c1-7-44-36-24-25-38(33-17-11-10-16-32(33)36)47-48-39-27-26-37(34-18-12-13-19-35(34)39)46-45-31-22-20-30(21-23-31)40(49)51-28-14-8-9-15-29-52-41(50)43(5,6)42(2,3)4/h10-13,16-27,44H,7-9,14-15,28-29H2,1-6H3/b46-45+,48-47+. The fraction of sp³-hybridized carbons (Fsp3) is 0.349. The van der Waals surface area contributed by atoms with Gasteiger partial charge in [-0.25, -0.2) is 4.79 Å². The van der Waals surface area contributed by atoms with Crippen LogP contribution in [0.15, 0.2) is 118 Å². The minimum absolute atomic E-state index is 0.167. The van der Waals surface area contributed by atoms with Crippen LogP contribution >= 0.6 is 0 Å². The van der Waals surface area contributed by atoms with Crippen LogP contribution in [0.5, 0.6) is 0 Å². The van der Waals surface area contributed by atoms with Crippen LogP contribution in [0.3, 0.4) is 0 Å². The fourth-order valence-corrected chi connectivity index (χ4v) is 5.50. The molecule has 9 heteroatoms. The number of esters is 2. The highest BCUT2D eigenvalue weighted by molar-refractivity contribution is 6.02. The molecule has 270 valence electrons. The van der Waals surface area contributed by atoms with E-state index in [1.165, 1.54) is 0 Å².